The molecule has 8 nitrogen and oxygen atoms in total. The van der Waals surface area contributed by atoms with Crippen LogP contribution in [0.4, 0.5) is 0 Å². The van der Waals surface area contributed by atoms with Crippen LogP contribution in [-0.4, -0.2) is 55.5 Å². The summed E-state index contributed by atoms with van der Waals surface area (Å²) in [7, 11) is -3.61. The average Bonchev–Trinajstić information content (AvgIpc) is 2.48. The second-order valence-electron chi connectivity index (χ2n) is 8.56. The van der Waals surface area contributed by atoms with Gasteiger partial charge in [0.1, 0.15) is 5.57 Å². The Labute approximate surface area is 160 Å². The first kappa shape index (κ1) is 21.1. The number of fused-ring (bicyclic) bond motifs is 1. The fourth-order valence-electron chi connectivity index (χ4n) is 3.37. The van der Waals surface area contributed by atoms with Gasteiger partial charge >= 0.3 is 5.97 Å². The molecule has 0 fully saturated rings. The third-order valence-electron chi connectivity index (χ3n) is 3.86. The first-order valence-corrected chi connectivity index (χ1v) is 10.4. The molecule has 2 heterocycles. The van der Waals surface area contributed by atoms with Crippen molar-refractivity contribution in [2.45, 2.75) is 46.6 Å². The van der Waals surface area contributed by atoms with Crippen molar-refractivity contribution in [3.05, 3.63) is 23.9 Å². The summed E-state index contributed by atoms with van der Waals surface area (Å²) in [6, 6.07) is 0. The lowest BCUT2D eigenvalue weighted by Crippen LogP contribution is -2.47. The van der Waals surface area contributed by atoms with Crippen LogP contribution in [0.2, 0.25) is 0 Å². The molecule has 0 bridgehead atoms. The van der Waals surface area contributed by atoms with E-state index in [2.05, 4.69) is 30.5 Å². The van der Waals surface area contributed by atoms with Crippen LogP contribution in [-0.2, 0) is 24.3 Å². The maximum absolute atomic E-state index is 12.4. The van der Waals surface area contributed by atoms with Crippen LogP contribution in [0.25, 0.3) is 0 Å². The van der Waals surface area contributed by atoms with Crippen LogP contribution < -0.4 is 5.32 Å². The summed E-state index contributed by atoms with van der Waals surface area (Å²) in [5.74, 6) is -1.29. The lowest BCUT2D eigenvalue weighted by Gasteiger charge is -2.33. The smallest absolute Gasteiger partial charge is 0.342 e. The molecule has 1 amide bonds. The maximum atomic E-state index is 12.4. The molecule has 0 saturated carbocycles. The molecule has 0 aromatic carbocycles. The Bertz CT molecular complexity index is 816. The molecule has 0 aromatic rings. The molecular formula is C18H27N3O5S. The fourth-order valence-corrected chi connectivity index (χ4v) is 4.35. The number of nitrogens with one attached hydrogen (secondary N) is 1. The molecular weight excluding hydrogens is 370 g/mol. The Kier molecular flexibility index (Phi) is 5.84. The monoisotopic (exact) mass is 397 g/mol. The zero-order valence-corrected chi connectivity index (χ0v) is 17.2. The molecule has 2 aliphatic rings. The number of allylic oxidation sites excluding steroid dienone is 2. The molecule has 2 rings (SSSR count). The highest BCUT2D eigenvalue weighted by molar-refractivity contribution is 7.90. The van der Waals surface area contributed by atoms with E-state index in [9.17, 15) is 18.0 Å². The minimum absolute atomic E-state index is 0.0162. The highest BCUT2D eigenvalue weighted by Gasteiger charge is 2.31. The Morgan fingerprint density at radius 3 is 2.56 bits per heavy atom. The Hall–Kier alpha value is -2.16. The Morgan fingerprint density at radius 2 is 1.93 bits per heavy atom. The lowest BCUT2D eigenvalue weighted by molar-refractivity contribution is -0.145. The van der Waals surface area contributed by atoms with E-state index in [-0.39, 0.29) is 29.1 Å². The van der Waals surface area contributed by atoms with Gasteiger partial charge in [-0.3, -0.25) is 4.79 Å². The predicted octanol–water partition coefficient (Wildman–Crippen LogP) is 1.36. The summed E-state index contributed by atoms with van der Waals surface area (Å²) >= 11 is 0. The van der Waals surface area contributed by atoms with Crippen molar-refractivity contribution in [2.24, 2.45) is 9.81 Å². The van der Waals surface area contributed by atoms with Crippen molar-refractivity contribution >= 4 is 27.7 Å². The molecule has 9 heteroatoms. The van der Waals surface area contributed by atoms with Gasteiger partial charge in [0.2, 0.25) is 0 Å². The van der Waals surface area contributed by atoms with Gasteiger partial charge in [-0.25, -0.2) is 13.2 Å². The summed E-state index contributed by atoms with van der Waals surface area (Å²) in [5.41, 5.74) is -0.407. The molecule has 27 heavy (non-hydrogen) atoms. The van der Waals surface area contributed by atoms with E-state index < -0.39 is 34.0 Å². The Morgan fingerprint density at radius 1 is 1.26 bits per heavy atom. The number of rotatable bonds is 5. The van der Waals surface area contributed by atoms with Gasteiger partial charge in [-0.05, 0) is 37.8 Å². The number of nitrogens with zero attached hydrogens (tertiary/aromatic N) is 2. The first-order valence-electron chi connectivity index (χ1n) is 8.74. The van der Waals surface area contributed by atoms with Crippen molar-refractivity contribution in [1.82, 2.24) is 10.2 Å². The quantitative estimate of drug-likeness (QED) is 0.702. The average molecular weight is 397 g/mol. The number of carbonyl (C=O) groups is 2. The topological polar surface area (TPSA) is 105 Å². The van der Waals surface area contributed by atoms with Crippen LogP contribution >= 0.6 is 0 Å². The number of hydrogen-bond donors (Lipinski definition) is 1. The van der Waals surface area contributed by atoms with Crippen molar-refractivity contribution in [2.75, 3.05) is 18.9 Å². The van der Waals surface area contributed by atoms with Gasteiger partial charge in [-0.2, -0.15) is 0 Å². The summed E-state index contributed by atoms with van der Waals surface area (Å²) in [5, 5.41) is 2.85. The summed E-state index contributed by atoms with van der Waals surface area (Å²) in [4.78, 5) is 26.1. The van der Waals surface area contributed by atoms with Crippen molar-refractivity contribution in [3.63, 3.8) is 0 Å². The molecule has 0 saturated heterocycles. The van der Waals surface area contributed by atoms with E-state index in [1.54, 1.807) is 17.2 Å². The van der Waals surface area contributed by atoms with E-state index in [0.717, 1.165) is 6.42 Å². The summed E-state index contributed by atoms with van der Waals surface area (Å²) in [6.07, 6.45) is 5.44. The van der Waals surface area contributed by atoms with E-state index in [0.29, 0.717) is 0 Å². The second-order valence-corrected chi connectivity index (χ2v) is 10.3. The number of esters is 1. The molecule has 0 radical (unpaired) electrons. The third kappa shape index (κ3) is 6.20. The van der Waals surface area contributed by atoms with Crippen molar-refractivity contribution in [1.29, 1.82) is 0 Å². The zero-order valence-electron chi connectivity index (χ0n) is 16.4. The largest absolute Gasteiger partial charge is 0.452 e. The normalized spacial score (nSPS) is 18.9. The number of ether oxygens (including phenoxy) is 1. The van der Waals surface area contributed by atoms with Gasteiger partial charge in [-0.1, -0.05) is 20.8 Å². The molecule has 0 unspecified atom stereocenters. The fraction of sp³-hybridized carbons (Fsp3) is 0.611. The van der Waals surface area contributed by atoms with Crippen LogP contribution in [0.5, 0.6) is 0 Å². The molecule has 0 atom stereocenters. The molecule has 0 aromatic heterocycles. The minimum atomic E-state index is -3.61. The van der Waals surface area contributed by atoms with Gasteiger partial charge in [0.05, 0.1) is 5.75 Å². The molecule has 0 aliphatic carbocycles. The van der Waals surface area contributed by atoms with Gasteiger partial charge in [0, 0.05) is 18.3 Å². The highest BCUT2D eigenvalue weighted by atomic mass is 32.2. The van der Waals surface area contributed by atoms with E-state index >= 15 is 0 Å². The second kappa shape index (κ2) is 7.46. The number of sulfonamides is 1. The number of amides is 1. The van der Waals surface area contributed by atoms with Gasteiger partial charge in [0.25, 0.3) is 15.9 Å². The SMILES string of the molecule is CC(C)(C)CC(C)(C)NC(=O)COC(=O)C1=CC=CN2CCS(=O)(=O)N=C12. The van der Waals surface area contributed by atoms with Crippen molar-refractivity contribution in [3.8, 4) is 0 Å². The summed E-state index contributed by atoms with van der Waals surface area (Å²) in [6.45, 7) is 9.81. The predicted molar refractivity (Wildman–Crippen MR) is 102 cm³/mol. The summed E-state index contributed by atoms with van der Waals surface area (Å²) < 4.78 is 32.2. The molecule has 1 N–H and O–H groups in total. The highest BCUT2D eigenvalue weighted by Crippen LogP contribution is 2.26. The molecule has 0 spiro atoms. The maximum Gasteiger partial charge on any atom is 0.342 e. The van der Waals surface area contributed by atoms with Crippen LogP contribution in [0, 0.1) is 5.41 Å². The zero-order chi connectivity index (χ0) is 20.5. The number of carbonyl (C=O) groups excluding carboxylic acids is 2. The van der Waals surface area contributed by atoms with Gasteiger partial charge < -0.3 is 15.0 Å². The number of hydrogen-bond acceptors (Lipinski definition) is 6. The minimum Gasteiger partial charge on any atom is -0.452 e. The van der Waals surface area contributed by atoms with E-state index in [4.69, 9.17) is 4.74 Å². The van der Waals surface area contributed by atoms with Gasteiger partial charge in [-0.15, -0.1) is 4.40 Å². The Balaban J connectivity index is 1.99. The first-order chi connectivity index (χ1) is 12.3. The standard InChI is InChI=1S/C18H27N3O5S/c1-17(2,3)12-18(4,5)19-14(22)11-26-16(23)13-7-6-8-21-9-10-27(24,25)20-15(13)21/h6-8H,9-12H2,1-5H3,(H,19,22). The van der Waals surface area contributed by atoms with Crippen LogP contribution in [0.15, 0.2) is 28.3 Å². The lowest BCUT2D eigenvalue weighted by atomic mass is 9.82. The van der Waals surface area contributed by atoms with Crippen LogP contribution in [0.3, 0.4) is 0 Å². The van der Waals surface area contributed by atoms with E-state index in [1.165, 1.54) is 6.08 Å². The van der Waals surface area contributed by atoms with Gasteiger partial charge in [0.15, 0.2) is 12.4 Å². The van der Waals surface area contributed by atoms with E-state index in [1.807, 2.05) is 13.8 Å². The van der Waals surface area contributed by atoms with Crippen molar-refractivity contribution < 1.29 is 22.7 Å². The molecule has 150 valence electrons. The third-order valence-corrected chi connectivity index (χ3v) is 5.01. The molecule has 2 aliphatic heterocycles. The number of amidine groups is 1. The van der Waals surface area contributed by atoms with Crippen LogP contribution in [0.1, 0.15) is 41.0 Å².